The van der Waals surface area contributed by atoms with Gasteiger partial charge in [-0.1, -0.05) is 35.9 Å². The Morgan fingerprint density at radius 1 is 1.10 bits per heavy atom. The quantitative estimate of drug-likeness (QED) is 0.552. The van der Waals surface area contributed by atoms with E-state index in [4.69, 9.17) is 22.5 Å². The molecule has 0 atom stereocenters. The van der Waals surface area contributed by atoms with Crippen LogP contribution in [0, 0.1) is 6.92 Å². The van der Waals surface area contributed by atoms with E-state index in [9.17, 15) is 8.42 Å². The molecule has 0 aliphatic heterocycles. The zero-order valence-corrected chi connectivity index (χ0v) is 17.9. The summed E-state index contributed by atoms with van der Waals surface area (Å²) in [6.07, 6.45) is 1.81. The highest BCUT2D eigenvalue weighted by atomic mass is 35.5. The Morgan fingerprint density at radius 2 is 1.80 bits per heavy atom. The van der Waals surface area contributed by atoms with E-state index in [2.05, 4.69) is 15.3 Å². The number of sulfonamides is 1. The van der Waals surface area contributed by atoms with Crippen LogP contribution in [0.25, 0.3) is 11.3 Å². The van der Waals surface area contributed by atoms with Gasteiger partial charge in [0.1, 0.15) is 5.82 Å². The molecule has 1 aromatic heterocycles. The van der Waals surface area contributed by atoms with Crippen molar-refractivity contribution in [2.45, 2.75) is 36.6 Å². The maximum Gasteiger partial charge on any atom is 0.238 e. The van der Waals surface area contributed by atoms with Crippen LogP contribution in [0.15, 0.2) is 53.4 Å². The summed E-state index contributed by atoms with van der Waals surface area (Å²) in [7, 11) is -3.67. The highest BCUT2D eigenvalue weighted by Crippen LogP contribution is 2.39. The van der Waals surface area contributed by atoms with Gasteiger partial charge in [-0.05, 0) is 55.0 Å². The lowest BCUT2D eigenvalue weighted by Crippen LogP contribution is -2.34. The monoisotopic (exact) mass is 443 g/mol. The molecule has 0 bridgehead atoms. The smallest absolute Gasteiger partial charge is 0.238 e. The lowest BCUT2D eigenvalue weighted by molar-refractivity contribution is 0.373. The minimum atomic E-state index is -3.67. The molecule has 0 unspecified atom stereocenters. The SMILES string of the molecule is Cc1c(Cl)cccc1-c1cc(NC2CC(c3ccc(S(N)(=O)=O)cc3)C2)nc(N)n1. The Morgan fingerprint density at radius 3 is 2.47 bits per heavy atom. The van der Waals surface area contributed by atoms with Gasteiger partial charge in [0.2, 0.25) is 16.0 Å². The lowest BCUT2D eigenvalue weighted by Gasteiger charge is -2.36. The van der Waals surface area contributed by atoms with Gasteiger partial charge in [0.25, 0.3) is 0 Å². The van der Waals surface area contributed by atoms with E-state index in [0.717, 1.165) is 35.2 Å². The Labute approximate surface area is 180 Å². The van der Waals surface area contributed by atoms with E-state index in [0.29, 0.717) is 16.8 Å². The summed E-state index contributed by atoms with van der Waals surface area (Å²) < 4.78 is 22.8. The molecule has 5 N–H and O–H groups in total. The van der Waals surface area contributed by atoms with Crippen molar-refractivity contribution in [1.82, 2.24) is 9.97 Å². The first kappa shape index (κ1) is 20.6. The van der Waals surface area contributed by atoms with E-state index >= 15 is 0 Å². The molecule has 7 nitrogen and oxygen atoms in total. The molecule has 30 heavy (non-hydrogen) atoms. The van der Waals surface area contributed by atoms with Gasteiger partial charge >= 0.3 is 0 Å². The fraction of sp³-hybridized carbons (Fsp3) is 0.238. The zero-order valence-electron chi connectivity index (χ0n) is 16.3. The molecule has 1 saturated carbocycles. The Kier molecular flexibility index (Phi) is 5.40. The number of hydrogen-bond acceptors (Lipinski definition) is 6. The van der Waals surface area contributed by atoms with Crippen molar-refractivity contribution in [3.05, 3.63) is 64.7 Å². The molecule has 0 amide bonds. The molecule has 1 heterocycles. The van der Waals surface area contributed by atoms with Crippen molar-refractivity contribution in [2.75, 3.05) is 11.1 Å². The van der Waals surface area contributed by atoms with Crippen molar-refractivity contribution >= 4 is 33.4 Å². The number of nitrogens with one attached hydrogen (secondary N) is 1. The summed E-state index contributed by atoms with van der Waals surface area (Å²) in [5.41, 5.74) is 9.61. The average Bonchev–Trinajstić information content (AvgIpc) is 2.65. The second kappa shape index (κ2) is 7.86. The highest BCUT2D eigenvalue weighted by Gasteiger charge is 2.30. The molecular formula is C21H22ClN5O2S. The summed E-state index contributed by atoms with van der Waals surface area (Å²) >= 11 is 6.24. The minimum absolute atomic E-state index is 0.126. The van der Waals surface area contributed by atoms with Crippen molar-refractivity contribution in [3.8, 4) is 11.3 Å². The molecular weight excluding hydrogens is 422 g/mol. The van der Waals surface area contributed by atoms with Crippen molar-refractivity contribution in [3.63, 3.8) is 0 Å². The van der Waals surface area contributed by atoms with Crippen molar-refractivity contribution < 1.29 is 8.42 Å². The number of halogens is 1. The van der Waals surface area contributed by atoms with E-state index in [-0.39, 0.29) is 16.9 Å². The molecule has 4 rings (SSSR count). The summed E-state index contributed by atoms with van der Waals surface area (Å²) in [4.78, 5) is 8.79. The van der Waals surface area contributed by atoms with Crippen LogP contribution in [0.3, 0.4) is 0 Å². The maximum atomic E-state index is 11.4. The second-order valence-corrected chi connectivity index (χ2v) is 9.50. The molecule has 0 spiro atoms. The lowest BCUT2D eigenvalue weighted by atomic mass is 9.76. The van der Waals surface area contributed by atoms with E-state index in [1.54, 1.807) is 12.1 Å². The second-order valence-electron chi connectivity index (χ2n) is 7.53. The van der Waals surface area contributed by atoms with Crippen LogP contribution in [0.4, 0.5) is 11.8 Å². The van der Waals surface area contributed by atoms with Crippen LogP contribution in [0.1, 0.15) is 29.9 Å². The minimum Gasteiger partial charge on any atom is -0.368 e. The molecule has 3 aromatic rings. The molecule has 156 valence electrons. The van der Waals surface area contributed by atoms with Crippen LogP contribution in [-0.2, 0) is 10.0 Å². The fourth-order valence-corrected chi connectivity index (χ4v) is 4.40. The highest BCUT2D eigenvalue weighted by molar-refractivity contribution is 7.89. The predicted molar refractivity (Wildman–Crippen MR) is 119 cm³/mol. The normalized spacial score (nSPS) is 18.6. The van der Waals surface area contributed by atoms with Crippen LogP contribution in [0.5, 0.6) is 0 Å². The molecule has 2 aromatic carbocycles. The number of rotatable bonds is 5. The number of nitrogens with zero attached hydrogens (tertiary/aromatic N) is 2. The first-order valence-electron chi connectivity index (χ1n) is 9.50. The van der Waals surface area contributed by atoms with Crippen LogP contribution >= 0.6 is 11.6 Å². The van der Waals surface area contributed by atoms with Crippen LogP contribution in [0.2, 0.25) is 5.02 Å². The van der Waals surface area contributed by atoms with Gasteiger partial charge in [-0.3, -0.25) is 0 Å². The number of nitrogens with two attached hydrogens (primary N) is 2. The maximum absolute atomic E-state index is 11.4. The average molecular weight is 444 g/mol. The van der Waals surface area contributed by atoms with E-state index in [1.165, 1.54) is 0 Å². The standard InChI is InChI=1S/C21H22ClN5O2S/c1-12-17(3-2-4-18(12)22)19-11-20(27-21(23)26-19)25-15-9-14(10-15)13-5-7-16(8-6-13)30(24,28)29/h2-8,11,14-15H,9-10H2,1H3,(H2,24,28,29)(H3,23,25,26,27). The number of anilines is 2. The summed E-state index contributed by atoms with van der Waals surface area (Å²) in [5.74, 6) is 1.22. The van der Waals surface area contributed by atoms with Crippen LogP contribution in [-0.4, -0.2) is 24.4 Å². The van der Waals surface area contributed by atoms with Crippen molar-refractivity contribution in [1.29, 1.82) is 0 Å². The predicted octanol–water partition coefficient (Wildman–Crippen LogP) is 3.69. The van der Waals surface area contributed by atoms with Gasteiger partial charge in [0.05, 0.1) is 10.6 Å². The zero-order chi connectivity index (χ0) is 21.5. The topological polar surface area (TPSA) is 124 Å². The number of hydrogen-bond donors (Lipinski definition) is 3. The van der Waals surface area contributed by atoms with Crippen molar-refractivity contribution in [2.24, 2.45) is 5.14 Å². The first-order valence-corrected chi connectivity index (χ1v) is 11.4. The van der Waals surface area contributed by atoms with E-state index < -0.39 is 10.0 Å². The van der Waals surface area contributed by atoms with Gasteiger partial charge in [0.15, 0.2) is 0 Å². The van der Waals surface area contributed by atoms with Crippen LogP contribution < -0.4 is 16.2 Å². The molecule has 1 aliphatic carbocycles. The molecule has 0 radical (unpaired) electrons. The molecule has 9 heteroatoms. The molecule has 1 fully saturated rings. The first-order chi connectivity index (χ1) is 14.2. The number of aromatic nitrogens is 2. The largest absolute Gasteiger partial charge is 0.368 e. The Bertz CT molecular complexity index is 1190. The Hall–Kier alpha value is -2.68. The third kappa shape index (κ3) is 4.26. The number of nitrogen functional groups attached to an aromatic ring is 1. The van der Waals surface area contributed by atoms with Gasteiger partial charge in [0, 0.05) is 22.7 Å². The van der Waals surface area contributed by atoms with Gasteiger partial charge < -0.3 is 11.1 Å². The molecule has 1 aliphatic rings. The van der Waals surface area contributed by atoms with Gasteiger partial charge in [-0.25, -0.2) is 18.5 Å². The molecule has 0 saturated heterocycles. The van der Waals surface area contributed by atoms with E-state index in [1.807, 2.05) is 43.3 Å². The summed E-state index contributed by atoms with van der Waals surface area (Å²) in [5, 5.41) is 9.25. The number of benzene rings is 2. The fourth-order valence-electron chi connectivity index (χ4n) is 3.71. The van der Waals surface area contributed by atoms with Gasteiger partial charge in [-0.2, -0.15) is 4.98 Å². The number of primary sulfonamides is 1. The third-order valence-electron chi connectivity index (χ3n) is 5.46. The Balaban J connectivity index is 1.45. The third-order valence-corrected chi connectivity index (χ3v) is 6.80. The summed E-state index contributed by atoms with van der Waals surface area (Å²) in [6.45, 7) is 1.95. The van der Waals surface area contributed by atoms with Gasteiger partial charge in [-0.15, -0.1) is 0 Å². The summed E-state index contributed by atoms with van der Waals surface area (Å²) in [6, 6.07) is 14.6.